The van der Waals surface area contributed by atoms with Crippen LogP contribution in [0.3, 0.4) is 0 Å². The zero-order chi connectivity index (χ0) is 18.6. The van der Waals surface area contributed by atoms with E-state index in [9.17, 15) is 13.2 Å². The van der Waals surface area contributed by atoms with E-state index < -0.39 is 16.1 Å². The van der Waals surface area contributed by atoms with E-state index in [1.807, 2.05) is 13.1 Å². The van der Waals surface area contributed by atoms with E-state index in [1.54, 1.807) is 6.20 Å². The van der Waals surface area contributed by atoms with Crippen LogP contribution >= 0.6 is 0 Å². The second-order valence-corrected chi connectivity index (χ2v) is 9.10. The lowest BCUT2D eigenvalue weighted by atomic mass is 9.91. The van der Waals surface area contributed by atoms with Crippen LogP contribution in [-0.4, -0.2) is 60.3 Å². The molecule has 2 aliphatic rings. The van der Waals surface area contributed by atoms with Crippen LogP contribution in [0.2, 0.25) is 0 Å². The van der Waals surface area contributed by atoms with Gasteiger partial charge in [-0.05, 0) is 32.1 Å². The number of carbonyl (C=O) groups is 1. The van der Waals surface area contributed by atoms with Crippen molar-refractivity contribution in [1.82, 2.24) is 19.8 Å². The third kappa shape index (κ3) is 4.27. The largest absolute Gasteiger partial charge is 0.373 e. The molecule has 0 radical (unpaired) electrons. The molecular weight excluding hydrogens is 356 g/mol. The van der Waals surface area contributed by atoms with Crippen molar-refractivity contribution in [3.63, 3.8) is 0 Å². The minimum absolute atomic E-state index is 0.0914. The Morgan fingerprint density at radius 3 is 3.00 bits per heavy atom. The number of aromatic nitrogens is 2. The van der Waals surface area contributed by atoms with Crippen molar-refractivity contribution < 1.29 is 17.9 Å². The van der Waals surface area contributed by atoms with Gasteiger partial charge in [-0.25, -0.2) is 8.42 Å². The molecule has 3 rings (SSSR count). The Bertz CT molecular complexity index is 692. The van der Waals surface area contributed by atoms with Crippen LogP contribution in [0, 0.1) is 5.92 Å². The van der Waals surface area contributed by atoms with Crippen molar-refractivity contribution in [1.29, 1.82) is 0 Å². The van der Waals surface area contributed by atoms with E-state index >= 15 is 0 Å². The highest BCUT2D eigenvalue weighted by molar-refractivity contribution is 7.89. The van der Waals surface area contributed by atoms with Crippen LogP contribution < -0.4 is 5.32 Å². The van der Waals surface area contributed by atoms with Gasteiger partial charge in [0.05, 0.1) is 18.1 Å². The molecule has 0 aromatic carbocycles. The minimum Gasteiger partial charge on any atom is -0.373 e. The number of sulfonamides is 1. The van der Waals surface area contributed by atoms with Crippen LogP contribution in [0.25, 0.3) is 0 Å². The van der Waals surface area contributed by atoms with E-state index in [-0.39, 0.29) is 23.7 Å². The molecule has 0 saturated carbocycles. The fourth-order valence-corrected chi connectivity index (χ4v) is 5.64. The number of hydrogen-bond donors (Lipinski definition) is 2. The summed E-state index contributed by atoms with van der Waals surface area (Å²) in [6.07, 6.45) is 7.26. The van der Waals surface area contributed by atoms with E-state index in [4.69, 9.17) is 4.74 Å². The van der Waals surface area contributed by atoms with Gasteiger partial charge in [-0.2, -0.15) is 9.40 Å². The number of aromatic amines is 1. The number of nitrogens with zero attached hydrogens (tertiary/aromatic N) is 2. The molecule has 3 atom stereocenters. The molecule has 2 N–H and O–H groups in total. The maximum absolute atomic E-state index is 12.7. The van der Waals surface area contributed by atoms with E-state index in [1.165, 1.54) is 4.31 Å². The van der Waals surface area contributed by atoms with Crippen LogP contribution in [0.5, 0.6) is 0 Å². The monoisotopic (exact) mass is 384 g/mol. The zero-order valence-corrected chi connectivity index (χ0v) is 16.0. The maximum atomic E-state index is 12.7. The summed E-state index contributed by atoms with van der Waals surface area (Å²) in [4.78, 5) is 12.7. The Hall–Kier alpha value is -1.45. The number of amides is 1. The Labute approximate surface area is 154 Å². The Morgan fingerprint density at radius 2 is 2.27 bits per heavy atom. The molecule has 1 aromatic heterocycles. The van der Waals surface area contributed by atoms with Gasteiger partial charge < -0.3 is 10.1 Å². The summed E-state index contributed by atoms with van der Waals surface area (Å²) >= 11 is 0. The standard InChI is InChI=1S/C17H28N4O4S/c1-2-9-26(23,24)21-7-3-6-15(21)17(22)18-10-13-5-4-8-25-16(13)14-11-19-20-12-14/h11-13,15-16H,2-10H2,1H3,(H,18,22)(H,19,20)/t13-,15?,16+/m0/s1. The van der Waals surface area contributed by atoms with Gasteiger partial charge in [0.1, 0.15) is 6.04 Å². The molecule has 26 heavy (non-hydrogen) atoms. The first kappa shape index (κ1) is 19.3. The van der Waals surface area contributed by atoms with Crippen molar-refractivity contribution in [3.05, 3.63) is 18.0 Å². The molecule has 8 nitrogen and oxygen atoms in total. The molecule has 2 fully saturated rings. The van der Waals surface area contributed by atoms with Crippen molar-refractivity contribution in [2.75, 3.05) is 25.4 Å². The van der Waals surface area contributed by atoms with Crippen LogP contribution in [0.4, 0.5) is 0 Å². The van der Waals surface area contributed by atoms with Gasteiger partial charge >= 0.3 is 0 Å². The number of carbonyl (C=O) groups excluding carboxylic acids is 1. The topological polar surface area (TPSA) is 104 Å². The van der Waals surface area contributed by atoms with Crippen LogP contribution in [-0.2, 0) is 19.6 Å². The predicted octanol–water partition coefficient (Wildman–Crippen LogP) is 1.20. The summed E-state index contributed by atoms with van der Waals surface area (Å²) in [6, 6.07) is -0.580. The average Bonchev–Trinajstić information content (AvgIpc) is 3.31. The van der Waals surface area contributed by atoms with Crippen molar-refractivity contribution in [2.45, 2.75) is 51.2 Å². The molecule has 0 spiro atoms. The normalized spacial score (nSPS) is 27.5. The van der Waals surface area contributed by atoms with Crippen molar-refractivity contribution >= 4 is 15.9 Å². The van der Waals surface area contributed by atoms with Crippen molar-refractivity contribution in [2.24, 2.45) is 5.92 Å². The molecule has 1 aromatic rings. The molecule has 0 bridgehead atoms. The Morgan fingerprint density at radius 1 is 1.42 bits per heavy atom. The molecule has 9 heteroatoms. The van der Waals surface area contributed by atoms with Gasteiger partial charge in [0.2, 0.25) is 15.9 Å². The second kappa shape index (κ2) is 8.49. The fourth-order valence-electron chi connectivity index (χ4n) is 3.90. The highest BCUT2D eigenvalue weighted by Crippen LogP contribution is 2.32. The highest BCUT2D eigenvalue weighted by Gasteiger charge is 2.38. The molecule has 146 valence electrons. The summed E-state index contributed by atoms with van der Waals surface area (Å²) in [5.74, 6) is 0.0570. The predicted molar refractivity (Wildman–Crippen MR) is 96.8 cm³/mol. The van der Waals surface area contributed by atoms with Crippen molar-refractivity contribution in [3.8, 4) is 0 Å². The quantitative estimate of drug-likeness (QED) is 0.735. The SMILES string of the molecule is CCCS(=O)(=O)N1CCCC1C(=O)NC[C@@H]1CCCO[C@H]1c1cn[nH]c1. The first-order valence-electron chi connectivity index (χ1n) is 9.40. The molecule has 0 aliphatic carbocycles. The van der Waals surface area contributed by atoms with Gasteiger partial charge in [0, 0.05) is 37.4 Å². The Balaban J connectivity index is 1.60. The first-order chi connectivity index (χ1) is 12.5. The third-order valence-electron chi connectivity index (χ3n) is 5.16. The van der Waals surface area contributed by atoms with Gasteiger partial charge in [-0.3, -0.25) is 9.89 Å². The minimum atomic E-state index is -3.36. The smallest absolute Gasteiger partial charge is 0.238 e. The molecular formula is C17H28N4O4S. The van der Waals surface area contributed by atoms with Gasteiger partial charge in [-0.15, -0.1) is 0 Å². The maximum Gasteiger partial charge on any atom is 0.238 e. The lowest BCUT2D eigenvalue weighted by Crippen LogP contribution is -2.48. The lowest BCUT2D eigenvalue weighted by molar-refractivity contribution is -0.125. The molecule has 3 heterocycles. The number of H-pyrrole nitrogens is 1. The lowest BCUT2D eigenvalue weighted by Gasteiger charge is -2.32. The Kier molecular flexibility index (Phi) is 6.31. The van der Waals surface area contributed by atoms with E-state index in [0.717, 1.165) is 24.8 Å². The van der Waals surface area contributed by atoms with E-state index in [0.29, 0.717) is 32.5 Å². The summed E-state index contributed by atoms with van der Waals surface area (Å²) in [7, 11) is -3.36. The number of ether oxygens (including phenoxy) is 1. The second-order valence-electron chi connectivity index (χ2n) is 7.06. The zero-order valence-electron chi connectivity index (χ0n) is 15.2. The molecule has 2 saturated heterocycles. The fraction of sp³-hybridized carbons (Fsp3) is 0.765. The summed E-state index contributed by atoms with van der Waals surface area (Å²) in [5, 5.41) is 9.75. The first-order valence-corrected chi connectivity index (χ1v) is 11.0. The van der Waals surface area contributed by atoms with Gasteiger partial charge in [0.25, 0.3) is 0 Å². The number of rotatable bonds is 7. The summed E-state index contributed by atoms with van der Waals surface area (Å²) < 4.78 is 32.0. The van der Waals surface area contributed by atoms with E-state index in [2.05, 4.69) is 15.5 Å². The van der Waals surface area contributed by atoms with Crippen LogP contribution in [0.1, 0.15) is 50.7 Å². The van der Waals surface area contributed by atoms with Crippen LogP contribution in [0.15, 0.2) is 12.4 Å². The van der Waals surface area contributed by atoms with Gasteiger partial charge in [0.15, 0.2) is 0 Å². The molecule has 2 aliphatic heterocycles. The van der Waals surface area contributed by atoms with Gasteiger partial charge in [-0.1, -0.05) is 6.92 Å². The summed E-state index contributed by atoms with van der Waals surface area (Å²) in [6.45, 7) is 3.45. The third-order valence-corrected chi connectivity index (χ3v) is 7.23. The summed E-state index contributed by atoms with van der Waals surface area (Å²) in [5.41, 5.74) is 0.983. The highest BCUT2D eigenvalue weighted by atomic mass is 32.2. The number of hydrogen-bond acceptors (Lipinski definition) is 5. The average molecular weight is 385 g/mol. The molecule has 1 amide bonds. The number of nitrogens with one attached hydrogen (secondary N) is 2. The molecule has 1 unspecified atom stereocenters.